The first-order chi connectivity index (χ1) is 25.1. The summed E-state index contributed by atoms with van der Waals surface area (Å²) < 4.78 is 27.7. The first-order valence-corrected chi connectivity index (χ1v) is 18.5. The Kier molecular flexibility index (Phi) is 16.1. The second-order valence-corrected chi connectivity index (χ2v) is 13.9. The van der Waals surface area contributed by atoms with Crippen LogP contribution in [0, 0.1) is 17.8 Å². The van der Waals surface area contributed by atoms with Gasteiger partial charge in [-0.15, -0.1) is 6.58 Å². The van der Waals surface area contributed by atoms with Gasteiger partial charge in [-0.3, -0.25) is 4.79 Å². The van der Waals surface area contributed by atoms with E-state index in [0.717, 1.165) is 51.4 Å². The van der Waals surface area contributed by atoms with Gasteiger partial charge in [0.15, 0.2) is 0 Å². The average Bonchev–Trinajstić information content (AvgIpc) is 3.13. The molecule has 3 atom stereocenters. The molecule has 1 aliphatic rings. The second-order valence-electron chi connectivity index (χ2n) is 13.9. The number of carbonyl (C=O) groups excluding carboxylic acids is 4. The van der Waals surface area contributed by atoms with Gasteiger partial charge in [0.1, 0.15) is 29.6 Å². The van der Waals surface area contributed by atoms with Gasteiger partial charge in [-0.25, -0.2) is 14.4 Å². The van der Waals surface area contributed by atoms with Crippen LogP contribution in [0.5, 0.6) is 23.0 Å². The van der Waals surface area contributed by atoms with E-state index >= 15 is 0 Å². The molecule has 3 aromatic rings. The molecule has 0 radical (unpaired) electrons. The van der Waals surface area contributed by atoms with Gasteiger partial charge in [-0.1, -0.05) is 59.0 Å². The molecule has 1 fully saturated rings. The molecule has 3 aromatic carbocycles. The van der Waals surface area contributed by atoms with Crippen molar-refractivity contribution in [2.24, 2.45) is 17.8 Å². The molecular weight excluding hydrogens is 660 g/mol. The Hall–Kier alpha value is -4.76. The van der Waals surface area contributed by atoms with Crippen LogP contribution in [0.15, 0.2) is 85.5 Å². The van der Waals surface area contributed by atoms with Crippen LogP contribution in [0.25, 0.3) is 0 Å². The normalized spacial score (nSPS) is 16.9. The predicted octanol–water partition coefficient (Wildman–Crippen LogP) is 9.72. The summed E-state index contributed by atoms with van der Waals surface area (Å²) in [5, 5.41) is 0. The Bertz CT molecular complexity index is 1590. The Morgan fingerprint density at radius 3 is 1.63 bits per heavy atom. The van der Waals surface area contributed by atoms with Crippen molar-refractivity contribution in [3.63, 3.8) is 0 Å². The molecule has 0 bridgehead atoms. The smallest absolute Gasteiger partial charge is 0.343 e. The molecule has 0 saturated heterocycles. The molecule has 0 heterocycles. The Labute approximate surface area is 307 Å². The molecule has 0 spiro atoms. The van der Waals surface area contributed by atoms with Crippen LogP contribution < -0.4 is 18.9 Å². The number of ether oxygens (including phenoxy) is 5. The van der Waals surface area contributed by atoms with E-state index < -0.39 is 17.9 Å². The van der Waals surface area contributed by atoms with Gasteiger partial charge in [-0.05, 0) is 123 Å². The highest BCUT2D eigenvalue weighted by Gasteiger charge is 2.32. The summed E-state index contributed by atoms with van der Waals surface area (Å²) >= 11 is 0. The highest BCUT2D eigenvalue weighted by molar-refractivity contribution is 5.92. The monoisotopic (exact) mass is 712 g/mol. The van der Waals surface area contributed by atoms with E-state index in [9.17, 15) is 19.2 Å². The molecule has 52 heavy (non-hydrogen) atoms. The van der Waals surface area contributed by atoms with Gasteiger partial charge < -0.3 is 23.7 Å². The van der Waals surface area contributed by atoms with Crippen molar-refractivity contribution in [2.45, 2.75) is 97.5 Å². The summed E-state index contributed by atoms with van der Waals surface area (Å²) in [7, 11) is 0. The fourth-order valence-electron chi connectivity index (χ4n) is 6.32. The van der Waals surface area contributed by atoms with Crippen LogP contribution in [-0.4, -0.2) is 36.6 Å². The number of unbranched alkanes of at least 4 members (excludes halogenated alkanes) is 6. The maximum absolute atomic E-state index is 12.7. The lowest BCUT2D eigenvalue weighted by atomic mass is 9.75. The average molecular weight is 713 g/mol. The van der Waals surface area contributed by atoms with E-state index in [1.807, 2.05) is 6.08 Å². The van der Waals surface area contributed by atoms with Gasteiger partial charge >= 0.3 is 23.9 Å². The third-order valence-corrected chi connectivity index (χ3v) is 9.30. The zero-order valence-electron chi connectivity index (χ0n) is 30.7. The molecule has 278 valence electrons. The maximum atomic E-state index is 12.7. The minimum atomic E-state index is -0.604. The Morgan fingerprint density at radius 2 is 1.12 bits per heavy atom. The zero-order valence-corrected chi connectivity index (χ0v) is 30.7. The Balaban J connectivity index is 1.16. The fraction of sp³-hybridized carbons (Fsp3) is 0.442. The van der Waals surface area contributed by atoms with Crippen LogP contribution in [-0.2, 0) is 14.3 Å². The molecule has 1 saturated carbocycles. The third-order valence-electron chi connectivity index (χ3n) is 9.30. The maximum Gasteiger partial charge on any atom is 0.343 e. The van der Waals surface area contributed by atoms with Crippen LogP contribution in [0.3, 0.4) is 0 Å². The van der Waals surface area contributed by atoms with Crippen molar-refractivity contribution in [3.8, 4) is 23.0 Å². The van der Waals surface area contributed by atoms with Gasteiger partial charge in [0, 0.05) is 6.42 Å². The lowest BCUT2D eigenvalue weighted by Crippen LogP contribution is -2.36. The van der Waals surface area contributed by atoms with Crippen LogP contribution in [0.4, 0.5) is 0 Å². The number of hydrogen-bond acceptors (Lipinski definition) is 9. The molecule has 0 aliphatic heterocycles. The number of benzene rings is 3. The number of rotatable bonds is 19. The van der Waals surface area contributed by atoms with Gasteiger partial charge in [0.25, 0.3) is 0 Å². The third kappa shape index (κ3) is 13.4. The molecule has 3 unspecified atom stereocenters. The number of allylic oxidation sites excluding steroid dienone is 1. The molecule has 1 aliphatic carbocycles. The van der Waals surface area contributed by atoms with Gasteiger partial charge in [0.2, 0.25) is 0 Å². The zero-order chi connectivity index (χ0) is 37.3. The summed E-state index contributed by atoms with van der Waals surface area (Å²) in [4.78, 5) is 50.1. The van der Waals surface area contributed by atoms with Gasteiger partial charge in [0.05, 0.1) is 17.2 Å². The first kappa shape index (κ1) is 40.0. The lowest BCUT2D eigenvalue weighted by molar-refractivity contribution is -0.145. The summed E-state index contributed by atoms with van der Waals surface area (Å²) in [6.45, 7) is 10.2. The van der Waals surface area contributed by atoms with Gasteiger partial charge in [-0.2, -0.15) is 0 Å². The van der Waals surface area contributed by atoms with Crippen molar-refractivity contribution < 1.29 is 42.9 Å². The summed E-state index contributed by atoms with van der Waals surface area (Å²) in [5.74, 6) is 0.676. The van der Waals surface area contributed by atoms with Crippen LogP contribution >= 0.6 is 0 Å². The summed E-state index contributed by atoms with van der Waals surface area (Å²) in [6.07, 6.45) is 13.0. The molecule has 4 rings (SSSR count). The van der Waals surface area contributed by atoms with Crippen molar-refractivity contribution in [1.82, 2.24) is 0 Å². The van der Waals surface area contributed by atoms with Crippen molar-refractivity contribution in [1.29, 1.82) is 0 Å². The lowest BCUT2D eigenvalue weighted by Gasteiger charge is -2.36. The van der Waals surface area contributed by atoms with Crippen LogP contribution in [0.2, 0.25) is 0 Å². The molecular formula is C43H52O9. The molecule has 0 aromatic heterocycles. The fourth-order valence-corrected chi connectivity index (χ4v) is 6.32. The molecule has 0 N–H and O–H groups in total. The van der Waals surface area contributed by atoms with E-state index in [2.05, 4.69) is 27.4 Å². The highest BCUT2D eigenvalue weighted by Crippen LogP contribution is 2.35. The molecule has 9 nitrogen and oxygen atoms in total. The summed E-state index contributed by atoms with van der Waals surface area (Å²) in [6, 6.07) is 18.3. The van der Waals surface area contributed by atoms with Crippen LogP contribution in [0.1, 0.15) is 112 Å². The quantitative estimate of drug-likeness (QED) is 0.0519. The SMILES string of the molecule is C=CCCCCCCCCC(=O)Oc1ccc(C(=O)Oc2ccc(OC(=O)c3ccc(OC(=O)COC4CC(C)CCC4C(C)C)cc3)cc2)cc1. The van der Waals surface area contributed by atoms with E-state index in [1.165, 1.54) is 73.5 Å². The Morgan fingerprint density at radius 1 is 0.654 bits per heavy atom. The molecule has 0 amide bonds. The summed E-state index contributed by atoms with van der Waals surface area (Å²) in [5.41, 5.74) is 0.550. The highest BCUT2D eigenvalue weighted by atomic mass is 16.6. The standard InChI is InChI=1S/C43H52O9/c1-5-6-7-8-9-10-11-12-13-40(44)49-34-19-15-32(16-20-34)42(46)51-36-23-25-37(26-24-36)52-43(47)33-17-21-35(22-18-33)50-41(45)29-48-39-28-31(4)14-27-38(39)30(2)3/h5,15-26,30-31,38-39H,1,6-14,27-29H2,2-4H3. The minimum Gasteiger partial charge on any atom is -0.427 e. The van der Waals surface area contributed by atoms with Crippen molar-refractivity contribution in [3.05, 3.63) is 96.6 Å². The van der Waals surface area contributed by atoms with E-state index in [-0.39, 0.29) is 41.3 Å². The second kappa shape index (κ2) is 20.9. The van der Waals surface area contributed by atoms with E-state index in [0.29, 0.717) is 35.7 Å². The van der Waals surface area contributed by atoms with E-state index in [4.69, 9.17) is 23.7 Å². The molecule has 9 heteroatoms. The largest absolute Gasteiger partial charge is 0.427 e. The number of carbonyl (C=O) groups is 4. The predicted molar refractivity (Wildman–Crippen MR) is 199 cm³/mol. The first-order valence-electron chi connectivity index (χ1n) is 18.5. The number of esters is 4. The number of hydrogen-bond donors (Lipinski definition) is 0. The van der Waals surface area contributed by atoms with Crippen molar-refractivity contribution >= 4 is 23.9 Å². The van der Waals surface area contributed by atoms with Crippen molar-refractivity contribution in [2.75, 3.05) is 6.61 Å². The van der Waals surface area contributed by atoms with E-state index in [1.54, 1.807) is 12.1 Å². The topological polar surface area (TPSA) is 114 Å². The minimum absolute atomic E-state index is 0.0406.